The van der Waals surface area contributed by atoms with Gasteiger partial charge in [0.1, 0.15) is 0 Å². The van der Waals surface area contributed by atoms with E-state index in [-0.39, 0.29) is 40.2 Å². The lowest BCUT2D eigenvalue weighted by molar-refractivity contribution is 0.368. The summed E-state index contributed by atoms with van der Waals surface area (Å²) in [6, 6.07) is 20.3. The largest absolute Gasteiger partial charge is 0.504 e. The summed E-state index contributed by atoms with van der Waals surface area (Å²) in [5, 5.41) is 41.4. The van der Waals surface area contributed by atoms with Gasteiger partial charge in [-0.15, -0.1) is 0 Å². The SMILES string of the molecule is COc1cc(CC(c2ccc(O)c(OC)c2)(c2ccc(O)c(OC)c2)c2ccc(O)c(OC)c2)ccc1O. The zero-order chi connectivity index (χ0) is 27.4. The summed E-state index contributed by atoms with van der Waals surface area (Å²) < 4.78 is 21.7. The van der Waals surface area contributed by atoms with Crippen LogP contribution in [0.25, 0.3) is 0 Å². The van der Waals surface area contributed by atoms with Gasteiger partial charge in [-0.2, -0.15) is 0 Å². The summed E-state index contributed by atoms with van der Waals surface area (Å²) in [6.07, 6.45) is 0.333. The van der Waals surface area contributed by atoms with Crippen LogP contribution in [0.3, 0.4) is 0 Å². The molecule has 4 aromatic rings. The molecule has 4 aromatic carbocycles. The highest BCUT2D eigenvalue weighted by Gasteiger charge is 2.39. The monoisotopic (exact) mass is 518 g/mol. The molecule has 38 heavy (non-hydrogen) atoms. The molecule has 0 aliphatic carbocycles. The predicted molar refractivity (Wildman–Crippen MR) is 142 cm³/mol. The van der Waals surface area contributed by atoms with Crippen molar-refractivity contribution in [3.05, 3.63) is 95.1 Å². The summed E-state index contributed by atoms with van der Waals surface area (Å²) in [5.41, 5.74) is 2.02. The molecule has 4 N–H and O–H groups in total. The van der Waals surface area contributed by atoms with E-state index in [0.717, 1.165) is 22.3 Å². The molecule has 0 aliphatic rings. The maximum atomic E-state index is 10.4. The molecule has 0 saturated heterocycles. The van der Waals surface area contributed by atoms with Gasteiger partial charge in [0.15, 0.2) is 46.0 Å². The van der Waals surface area contributed by atoms with Crippen molar-refractivity contribution in [3.63, 3.8) is 0 Å². The van der Waals surface area contributed by atoms with Crippen LogP contribution in [-0.4, -0.2) is 48.9 Å². The summed E-state index contributed by atoms with van der Waals surface area (Å²) in [7, 11) is 5.89. The van der Waals surface area contributed by atoms with Crippen LogP contribution in [0.5, 0.6) is 46.0 Å². The van der Waals surface area contributed by atoms with Crippen LogP contribution in [0.4, 0.5) is 0 Å². The summed E-state index contributed by atoms with van der Waals surface area (Å²) in [6.45, 7) is 0. The van der Waals surface area contributed by atoms with E-state index in [2.05, 4.69) is 0 Å². The van der Waals surface area contributed by atoms with Crippen LogP contribution < -0.4 is 18.9 Å². The number of phenols is 4. The number of ether oxygens (including phenoxy) is 4. The van der Waals surface area contributed by atoms with Gasteiger partial charge < -0.3 is 39.4 Å². The van der Waals surface area contributed by atoms with E-state index in [4.69, 9.17) is 18.9 Å². The number of aromatic hydroxyl groups is 4. The summed E-state index contributed by atoms with van der Waals surface area (Å²) in [4.78, 5) is 0. The van der Waals surface area contributed by atoms with Crippen LogP contribution >= 0.6 is 0 Å². The minimum Gasteiger partial charge on any atom is -0.504 e. The Hall–Kier alpha value is -4.72. The highest BCUT2D eigenvalue weighted by atomic mass is 16.5. The van der Waals surface area contributed by atoms with Crippen molar-refractivity contribution in [3.8, 4) is 46.0 Å². The van der Waals surface area contributed by atoms with E-state index in [1.54, 1.807) is 72.8 Å². The highest BCUT2D eigenvalue weighted by molar-refractivity contribution is 5.60. The Morgan fingerprint density at radius 3 is 1.13 bits per heavy atom. The topological polar surface area (TPSA) is 118 Å². The smallest absolute Gasteiger partial charge is 0.160 e. The average Bonchev–Trinajstić information content (AvgIpc) is 2.93. The van der Waals surface area contributed by atoms with E-state index >= 15 is 0 Å². The molecular formula is C30H30O8. The Kier molecular flexibility index (Phi) is 7.43. The van der Waals surface area contributed by atoms with Gasteiger partial charge in [0.2, 0.25) is 0 Å². The maximum Gasteiger partial charge on any atom is 0.160 e. The fourth-order valence-electron chi connectivity index (χ4n) is 4.77. The lowest BCUT2D eigenvalue weighted by Crippen LogP contribution is -2.32. The molecule has 0 aromatic heterocycles. The van der Waals surface area contributed by atoms with Crippen molar-refractivity contribution in [2.45, 2.75) is 11.8 Å². The van der Waals surface area contributed by atoms with E-state index in [1.807, 2.05) is 0 Å². The predicted octanol–water partition coefficient (Wildman–Crippen LogP) is 5.12. The van der Waals surface area contributed by atoms with Gasteiger partial charge in [0.25, 0.3) is 0 Å². The third-order valence-corrected chi connectivity index (χ3v) is 6.73. The molecule has 0 unspecified atom stereocenters. The first-order valence-electron chi connectivity index (χ1n) is 11.8. The average molecular weight is 519 g/mol. The molecular weight excluding hydrogens is 488 g/mol. The van der Waals surface area contributed by atoms with E-state index in [0.29, 0.717) is 12.2 Å². The molecule has 0 saturated carbocycles. The van der Waals surface area contributed by atoms with Gasteiger partial charge in [0.05, 0.1) is 28.4 Å². The molecule has 0 radical (unpaired) electrons. The lowest BCUT2D eigenvalue weighted by atomic mass is 9.65. The zero-order valence-corrected chi connectivity index (χ0v) is 21.6. The fraction of sp³-hybridized carbons (Fsp3) is 0.200. The number of methoxy groups -OCH3 is 4. The van der Waals surface area contributed by atoms with Gasteiger partial charge >= 0.3 is 0 Å². The number of hydrogen-bond acceptors (Lipinski definition) is 8. The van der Waals surface area contributed by atoms with Crippen molar-refractivity contribution < 1.29 is 39.4 Å². The van der Waals surface area contributed by atoms with Crippen molar-refractivity contribution in [2.75, 3.05) is 28.4 Å². The first kappa shape index (κ1) is 26.3. The normalized spacial score (nSPS) is 11.2. The molecule has 8 nitrogen and oxygen atoms in total. The molecule has 0 bridgehead atoms. The third kappa shape index (κ3) is 4.68. The molecule has 8 heteroatoms. The van der Waals surface area contributed by atoms with Gasteiger partial charge in [0, 0.05) is 5.41 Å². The highest BCUT2D eigenvalue weighted by Crippen LogP contribution is 2.48. The number of benzene rings is 4. The number of phenolic OH excluding ortho intramolecular Hbond substituents is 4. The van der Waals surface area contributed by atoms with Crippen molar-refractivity contribution >= 4 is 0 Å². The van der Waals surface area contributed by atoms with Crippen molar-refractivity contribution in [1.29, 1.82) is 0 Å². The van der Waals surface area contributed by atoms with Gasteiger partial charge in [-0.25, -0.2) is 0 Å². The third-order valence-electron chi connectivity index (χ3n) is 6.73. The first-order valence-corrected chi connectivity index (χ1v) is 11.8. The standard InChI is InChI=1S/C30H30O8/c1-35-26-13-18(5-9-22(26)31)17-30(19-6-10-23(32)27(14-19)36-2,20-7-11-24(33)28(15-20)37-3)21-8-12-25(34)29(16-21)38-4/h5-16,31-34H,17H2,1-4H3. The van der Waals surface area contributed by atoms with Crippen LogP contribution in [0.15, 0.2) is 72.8 Å². The first-order chi connectivity index (χ1) is 18.3. The minimum atomic E-state index is -0.995. The van der Waals surface area contributed by atoms with Crippen LogP contribution in [0, 0.1) is 0 Å². The molecule has 0 atom stereocenters. The molecule has 0 spiro atoms. The Bertz CT molecular complexity index is 1320. The number of rotatable bonds is 9. The minimum absolute atomic E-state index is 0.00533. The zero-order valence-electron chi connectivity index (χ0n) is 21.6. The molecule has 0 fully saturated rings. The molecule has 0 heterocycles. The van der Waals surface area contributed by atoms with Crippen LogP contribution in [-0.2, 0) is 11.8 Å². The molecule has 0 amide bonds. The quantitative estimate of drug-likeness (QED) is 0.226. The lowest BCUT2D eigenvalue weighted by Gasteiger charge is -2.37. The summed E-state index contributed by atoms with van der Waals surface area (Å²) >= 11 is 0. The van der Waals surface area contributed by atoms with E-state index in [9.17, 15) is 20.4 Å². The summed E-state index contributed by atoms with van der Waals surface area (Å²) in [5.74, 6) is 1.05. The second-order valence-electron chi connectivity index (χ2n) is 8.75. The van der Waals surface area contributed by atoms with Gasteiger partial charge in [-0.05, 0) is 77.2 Å². The molecule has 4 rings (SSSR count). The van der Waals surface area contributed by atoms with Gasteiger partial charge in [-0.3, -0.25) is 0 Å². The fourth-order valence-corrected chi connectivity index (χ4v) is 4.77. The molecule has 0 aliphatic heterocycles. The van der Waals surface area contributed by atoms with Crippen molar-refractivity contribution in [1.82, 2.24) is 0 Å². The van der Waals surface area contributed by atoms with E-state index in [1.165, 1.54) is 28.4 Å². The maximum absolute atomic E-state index is 10.4. The second-order valence-corrected chi connectivity index (χ2v) is 8.75. The molecule has 198 valence electrons. The Balaban J connectivity index is 2.12. The van der Waals surface area contributed by atoms with Gasteiger partial charge in [-0.1, -0.05) is 24.3 Å². The van der Waals surface area contributed by atoms with E-state index < -0.39 is 5.41 Å². The van der Waals surface area contributed by atoms with Crippen LogP contribution in [0.2, 0.25) is 0 Å². The number of hydrogen-bond donors (Lipinski definition) is 4. The Morgan fingerprint density at radius 1 is 0.474 bits per heavy atom. The Labute approximate surface area is 220 Å². The van der Waals surface area contributed by atoms with Crippen LogP contribution in [0.1, 0.15) is 22.3 Å². The Morgan fingerprint density at radius 2 is 0.789 bits per heavy atom. The second kappa shape index (κ2) is 10.7. The van der Waals surface area contributed by atoms with Crippen molar-refractivity contribution in [2.24, 2.45) is 0 Å².